The zero-order valence-corrected chi connectivity index (χ0v) is 9.48. The van der Waals surface area contributed by atoms with Crippen LogP contribution >= 0.6 is 11.6 Å². The number of hydrogen-bond acceptors (Lipinski definition) is 3. The van der Waals surface area contributed by atoms with Gasteiger partial charge < -0.3 is 10.4 Å². The number of phenolic OH excluding ortho intramolecular Hbond substituents is 1. The maximum atomic E-state index is 11.8. The maximum absolute atomic E-state index is 11.8. The van der Waals surface area contributed by atoms with Crippen LogP contribution in [0.5, 0.6) is 5.75 Å². The van der Waals surface area contributed by atoms with Gasteiger partial charge in [0.05, 0.1) is 5.56 Å². The fourth-order valence-electron chi connectivity index (χ4n) is 1.34. The fourth-order valence-corrected chi connectivity index (χ4v) is 1.54. The number of halogens is 1. The first kappa shape index (κ1) is 11.4. The molecule has 5 heteroatoms. The number of hydrogen-bond donors (Lipinski definition) is 2. The number of aromatic hydroxyl groups is 1. The number of aromatic nitrogens is 1. The molecule has 0 aliphatic heterocycles. The minimum atomic E-state index is -0.367. The van der Waals surface area contributed by atoms with Crippen molar-refractivity contribution in [3.63, 3.8) is 0 Å². The van der Waals surface area contributed by atoms with Crippen molar-refractivity contribution in [2.45, 2.75) is 0 Å². The molecule has 4 nitrogen and oxygen atoms in total. The molecule has 0 spiro atoms. The molecule has 1 heterocycles. The fraction of sp³-hybridized carbons (Fsp3) is 0. The van der Waals surface area contributed by atoms with Crippen LogP contribution in [0.1, 0.15) is 10.4 Å². The van der Waals surface area contributed by atoms with Crippen LogP contribution in [0.2, 0.25) is 5.15 Å². The Hall–Kier alpha value is -2.07. The molecule has 86 valence electrons. The van der Waals surface area contributed by atoms with Crippen molar-refractivity contribution >= 4 is 23.2 Å². The van der Waals surface area contributed by atoms with Crippen molar-refractivity contribution in [1.29, 1.82) is 0 Å². The number of rotatable bonds is 2. The second-order valence-electron chi connectivity index (χ2n) is 3.35. The largest absolute Gasteiger partial charge is 0.508 e. The van der Waals surface area contributed by atoms with E-state index in [9.17, 15) is 9.90 Å². The molecule has 0 aliphatic carbocycles. The molecule has 0 saturated carbocycles. The second-order valence-corrected chi connectivity index (χ2v) is 3.70. The number of nitrogens with one attached hydrogen (secondary N) is 1. The summed E-state index contributed by atoms with van der Waals surface area (Å²) in [5.74, 6) is -0.284. The predicted molar refractivity (Wildman–Crippen MR) is 65.3 cm³/mol. The zero-order valence-electron chi connectivity index (χ0n) is 8.72. The standard InChI is InChI=1S/C12H9ClN2O2/c13-11-10(5-2-6-14-11)12(17)15-8-3-1-4-9(16)7-8/h1-7,16H,(H,15,17). The van der Waals surface area contributed by atoms with Crippen LogP contribution in [0.4, 0.5) is 5.69 Å². The van der Waals surface area contributed by atoms with E-state index in [1.807, 2.05) is 0 Å². The minimum Gasteiger partial charge on any atom is -0.508 e. The average molecular weight is 249 g/mol. The minimum absolute atomic E-state index is 0.0834. The summed E-state index contributed by atoms with van der Waals surface area (Å²) in [4.78, 5) is 15.6. The van der Waals surface area contributed by atoms with Crippen LogP contribution in [0, 0.1) is 0 Å². The van der Waals surface area contributed by atoms with E-state index >= 15 is 0 Å². The Labute approximate surface area is 103 Å². The van der Waals surface area contributed by atoms with Crippen LogP contribution < -0.4 is 5.32 Å². The Balaban J connectivity index is 2.20. The Morgan fingerprint density at radius 1 is 1.29 bits per heavy atom. The highest BCUT2D eigenvalue weighted by molar-refractivity contribution is 6.33. The van der Waals surface area contributed by atoms with E-state index in [4.69, 9.17) is 11.6 Å². The molecule has 2 N–H and O–H groups in total. The Morgan fingerprint density at radius 2 is 2.12 bits per heavy atom. The summed E-state index contributed by atoms with van der Waals surface area (Å²) in [6, 6.07) is 9.48. The van der Waals surface area contributed by atoms with Crippen molar-refractivity contribution in [1.82, 2.24) is 4.98 Å². The second kappa shape index (κ2) is 4.84. The molecule has 2 aromatic rings. The van der Waals surface area contributed by atoms with E-state index in [0.29, 0.717) is 5.69 Å². The first-order valence-electron chi connectivity index (χ1n) is 4.88. The number of nitrogens with zero attached hydrogens (tertiary/aromatic N) is 1. The normalized spacial score (nSPS) is 9.94. The lowest BCUT2D eigenvalue weighted by molar-refractivity contribution is 0.102. The van der Waals surface area contributed by atoms with Crippen molar-refractivity contribution in [3.05, 3.63) is 53.3 Å². The van der Waals surface area contributed by atoms with Gasteiger partial charge in [-0.15, -0.1) is 0 Å². The van der Waals surface area contributed by atoms with Crippen molar-refractivity contribution in [3.8, 4) is 5.75 Å². The molecule has 1 aromatic carbocycles. The lowest BCUT2D eigenvalue weighted by Crippen LogP contribution is -2.12. The molecule has 0 aliphatic rings. The van der Waals surface area contributed by atoms with Crippen molar-refractivity contribution < 1.29 is 9.90 Å². The van der Waals surface area contributed by atoms with Gasteiger partial charge in [-0.2, -0.15) is 0 Å². The Morgan fingerprint density at radius 3 is 2.82 bits per heavy atom. The van der Waals surface area contributed by atoms with Crippen LogP contribution in [-0.2, 0) is 0 Å². The highest BCUT2D eigenvalue weighted by Gasteiger charge is 2.10. The molecule has 1 amide bonds. The molecular formula is C12H9ClN2O2. The molecule has 0 radical (unpaired) electrons. The van der Waals surface area contributed by atoms with Crippen LogP contribution in [-0.4, -0.2) is 16.0 Å². The van der Waals surface area contributed by atoms with Gasteiger partial charge in [-0.3, -0.25) is 4.79 Å². The molecule has 0 fully saturated rings. The van der Waals surface area contributed by atoms with Crippen molar-refractivity contribution in [2.24, 2.45) is 0 Å². The van der Waals surface area contributed by atoms with Crippen molar-refractivity contribution in [2.75, 3.05) is 5.32 Å². The first-order chi connectivity index (χ1) is 8.16. The highest BCUT2D eigenvalue weighted by atomic mass is 35.5. The Bertz CT molecular complexity index is 558. The van der Waals surface area contributed by atoms with Gasteiger partial charge in [-0.25, -0.2) is 4.98 Å². The molecule has 17 heavy (non-hydrogen) atoms. The molecule has 1 aromatic heterocycles. The summed E-state index contributed by atoms with van der Waals surface area (Å²) in [7, 11) is 0. The summed E-state index contributed by atoms with van der Waals surface area (Å²) in [6.07, 6.45) is 1.51. The summed E-state index contributed by atoms with van der Waals surface area (Å²) in [5, 5.41) is 12.0. The molecular weight excluding hydrogens is 240 g/mol. The quantitative estimate of drug-likeness (QED) is 0.804. The summed E-state index contributed by atoms with van der Waals surface area (Å²) < 4.78 is 0. The molecule has 0 atom stereocenters. The van der Waals surface area contributed by atoms with E-state index in [1.54, 1.807) is 24.3 Å². The highest BCUT2D eigenvalue weighted by Crippen LogP contribution is 2.18. The third-order valence-electron chi connectivity index (χ3n) is 2.11. The molecule has 0 bridgehead atoms. The Kier molecular flexibility index (Phi) is 3.25. The monoisotopic (exact) mass is 248 g/mol. The zero-order chi connectivity index (χ0) is 12.3. The first-order valence-corrected chi connectivity index (χ1v) is 5.25. The number of pyridine rings is 1. The van der Waals surface area contributed by atoms with E-state index in [-0.39, 0.29) is 22.4 Å². The maximum Gasteiger partial charge on any atom is 0.258 e. The van der Waals surface area contributed by atoms with E-state index in [0.717, 1.165) is 0 Å². The summed E-state index contributed by atoms with van der Waals surface area (Å²) in [5.41, 5.74) is 0.785. The number of benzene rings is 1. The van der Waals surface area contributed by atoms with Gasteiger partial charge >= 0.3 is 0 Å². The van der Waals surface area contributed by atoms with Crippen LogP contribution in [0.3, 0.4) is 0 Å². The van der Waals surface area contributed by atoms with Crippen LogP contribution in [0.15, 0.2) is 42.6 Å². The molecule has 0 unspecified atom stereocenters. The smallest absolute Gasteiger partial charge is 0.258 e. The van der Waals surface area contributed by atoms with E-state index < -0.39 is 0 Å². The van der Waals surface area contributed by atoms with Gasteiger partial charge in [0.2, 0.25) is 0 Å². The van der Waals surface area contributed by atoms with E-state index in [2.05, 4.69) is 10.3 Å². The van der Waals surface area contributed by atoms with Gasteiger partial charge in [0, 0.05) is 18.0 Å². The lowest BCUT2D eigenvalue weighted by atomic mass is 10.2. The number of amides is 1. The van der Waals surface area contributed by atoms with Gasteiger partial charge in [0.1, 0.15) is 10.9 Å². The molecule has 0 saturated heterocycles. The number of phenols is 1. The predicted octanol–water partition coefficient (Wildman–Crippen LogP) is 2.69. The third-order valence-corrected chi connectivity index (χ3v) is 2.41. The SMILES string of the molecule is O=C(Nc1cccc(O)c1)c1cccnc1Cl. The summed E-state index contributed by atoms with van der Waals surface area (Å²) >= 11 is 5.80. The number of anilines is 1. The van der Waals surface area contributed by atoms with Gasteiger partial charge in [0.15, 0.2) is 0 Å². The van der Waals surface area contributed by atoms with Gasteiger partial charge in [-0.1, -0.05) is 17.7 Å². The lowest BCUT2D eigenvalue weighted by Gasteiger charge is -2.06. The summed E-state index contributed by atoms with van der Waals surface area (Å²) in [6.45, 7) is 0. The van der Waals surface area contributed by atoms with Crippen LogP contribution in [0.25, 0.3) is 0 Å². The topological polar surface area (TPSA) is 62.2 Å². The number of carbonyl (C=O) groups excluding carboxylic acids is 1. The average Bonchev–Trinajstić information content (AvgIpc) is 2.29. The van der Waals surface area contributed by atoms with E-state index in [1.165, 1.54) is 18.3 Å². The third kappa shape index (κ3) is 2.73. The van der Waals surface area contributed by atoms with Gasteiger partial charge in [-0.05, 0) is 24.3 Å². The van der Waals surface area contributed by atoms with Gasteiger partial charge in [0.25, 0.3) is 5.91 Å². The number of carbonyl (C=O) groups is 1. The molecule has 2 rings (SSSR count).